The highest BCUT2D eigenvalue weighted by molar-refractivity contribution is 6.14. The SMILES string of the molecule is COC(=O)NC1(C)CCC(n2c(=O)n(C)c3cnc4[nH]c(-c5cn(C)nc5F)c(-c5ccc(CCCO)cc5)c4c32)CC1. The molecule has 1 aliphatic carbocycles. The number of aromatic amines is 1. The number of hydrogen-bond donors (Lipinski definition) is 3. The summed E-state index contributed by atoms with van der Waals surface area (Å²) in [5.41, 5.74) is 4.86. The van der Waals surface area contributed by atoms with Gasteiger partial charge in [-0.25, -0.2) is 14.6 Å². The van der Waals surface area contributed by atoms with E-state index < -0.39 is 17.6 Å². The first-order valence-electron chi connectivity index (χ1n) is 14.5. The van der Waals surface area contributed by atoms with Gasteiger partial charge in [0.25, 0.3) is 0 Å². The van der Waals surface area contributed by atoms with Crippen molar-refractivity contribution in [2.75, 3.05) is 13.7 Å². The standard InChI is InChI=1S/C31H36FN7O4/c1-31(35-29(41)43-4)13-11-20(12-14-31)39-26-22(38(3)30(39)42)16-33-28-24(26)23(19-9-7-18(8-10-19)6-5-15-40)25(34-28)21-17-37(2)36-27(21)32/h7-10,16-17,20,40H,5-6,11-15H2,1-4H3,(H,33,34)(H,35,41). The fourth-order valence-electron chi connectivity index (χ4n) is 6.48. The number of nitrogens with zero attached hydrogens (tertiary/aromatic N) is 5. The van der Waals surface area contributed by atoms with Crippen LogP contribution in [0.5, 0.6) is 0 Å². The third kappa shape index (κ3) is 4.99. The van der Waals surface area contributed by atoms with Crippen molar-refractivity contribution in [3.63, 3.8) is 0 Å². The predicted molar refractivity (Wildman–Crippen MR) is 161 cm³/mol. The van der Waals surface area contributed by atoms with Crippen molar-refractivity contribution in [3.05, 3.63) is 58.7 Å². The fourth-order valence-corrected chi connectivity index (χ4v) is 6.48. The predicted octanol–water partition coefficient (Wildman–Crippen LogP) is 4.58. The minimum absolute atomic E-state index is 0.114. The second-order valence-electron chi connectivity index (χ2n) is 11.7. The van der Waals surface area contributed by atoms with Crippen LogP contribution in [0.3, 0.4) is 0 Å². The summed E-state index contributed by atoms with van der Waals surface area (Å²) in [5.74, 6) is -0.610. The molecule has 43 heavy (non-hydrogen) atoms. The van der Waals surface area contributed by atoms with Crippen molar-refractivity contribution in [1.29, 1.82) is 0 Å². The molecular weight excluding hydrogens is 553 g/mol. The number of aliphatic hydroxyl groups excluding tert-OH is 1. The van der Waals surface area contributed by atoms with E-state index in [0.717, 1.165) is 34.0 Å². The summed E-state index contributed by atoms with van der Waals surface area (Å²) in [6.07, 6.45) is 6.94. The molecule has 0 unspecified atom stereocenters. The Hall–Kier alpha value is -4.45. The molecular formula is C31H36FN7O4. The number of amides is 1. The van der Waals surface area contributed by atoms with E-state index in [9.17, 15) is 14.7 Å². The largest absolute Gasteiger partial charge is 0.453 e. The number of halogens is 1. The number of aliphatic hydroxyl groups is 1. The highest BCUT2D eigenvalue weighted by Gasteiger charge is 2.35. The summed E-state index contributed by atoms with van der Waals surface area (Å²) in [7, 11) is 4.76. The van der Waals surface area contributed by atoms with Crippen LogP contribution in [-0.2, 0) is 25.3 Å². The van der Waals surface area contributed by atoms with Gasteiger partial charge in [-0.15, -0.1) is 5.10 Å². The van der Waals surface area contributed by atoms with Gasteiger partial charge in [0.15, 0.2) is 0 Å². The molecule has 226 valence electrons. The molecule has 6 rings (SSSR count). The summed E-state index contributed by atoms with van der Waals surface area (Å²) in [6, 6.07) is 7.88. The molecule has 1 amide bonds. The number of aromatic nitrogens is 6. The van der Waals surface area contributed by atoms with E-state index >= 15 is 4.39 Å². The van der Waals surface area contributed by atoms with Gasteiger partial charge >= 0.3 is 11.8 Å². The molecule has 0 radical (unpaired) electrons. The van der Waals surface area contributed by atoms with Crippen LogP contribution in [0.2, 0.25) is 0 Å². The third-order valence-electron chi connectivity index (χ3n) is 8.80. The molecule has 0 atom stereocenters. The normalized spacial score (nSPS) is 18.9. The Balaban J connectivity index is 1.56. The van der Waals surface area contributed by atoms with Crippen molar-refractivity contribution in [2.45, 2.75) is 57.0 Å². The maximum atomic E-state index is 15.2. The highest BCUT2D eigenvalue weighted by Crippen LogP contribution is 2.43. The molecule has 4 aromatic heterocycles. The van der Waals surface area contributed by atoms with Crippen LogP contribution in [0.25, 0.3) is 44.5 Å². The Labute approximate surface area is 247 Å². The Morgan fingerprint density at radius 3 is 2.58 bits per heavy atom. The lowest BCUT2D eigenvalue weighted by atomic mass is 9.80. The van der Waals surface area contributed by atoms with Gasteiger partial charge in [-0.3, -0.25) is 13.8 Å². The first kappa shape index (κ1) is 28.7. The monoisotopic (exact) mass is 589 g/mol. The molecule has 1 fully saturated rings. The van der Waals surface area contributed by atoms with Gasteiger partial charge in [0, 0.05) is 44.0 Å². The molecule has 1 aliphatic rings. The lowest BCUT2D eigenvalue weighted by molar-refractivity contribution is 0.141. The topological polar surface area (TPSA) is 132 Å². The number of carbonyl (C=O) groups is 1. The molecule has 11 nitrogen and oxygen atoms in total. The van der Waals surface area contributed by atoms with Crippen LogP contribution in [0.1, 0.15) is 50.6 Å². The average molecular weight is 590 g/mol. The van der Waals surface area contributed by atoms with Gasteiger partial charge in [-0.1, -0.05) is 24.3 Å². The van der Waals surface area contributed by atoms with Crippen molar-refractivity contribution in [3.8, 4) is 22.4 Å². The summed E-state index contributed by atoms with van der Waals surface area (Å²) in [5, 5.41) is 16.9. The zero-order valence-electron chi connectivity index (χ0n) is 24.8. The van der Waals surface area contributed by atoms with E-state index in [1.807, 2.05) is 35.8 Å². The molecule has 0 spiro atoms. The van der Waals surface area contributed by atoms with Crippen molar-refractivity contribution >= 4 is 28.2 Å². The average Bonchev–Trinajstić information content (AvgIpc) is 3.62. The van der Waals surface area contributed by atoms with Crippen LogP contribution >= 0.6 is 0 Å². The third-order valence-corrected chi connectivity index (χ3v) is 8.80. The first-order chi connectivity index (χ1) is 20.6. The Bertz CT molecular complexity index is 1870. The molecule has 12 heteroatoms. The van der Waals surface area contributed by atoms with Crippen molar-refractivity contribution in [1.82, 2.24) is 34.2 Å². The van der Waals surface area contributed by atoms with Crippen LogP contribution in [0.4, 0.5) is 9.18 Å². The Morgan fingerprint density at radius 2 is 1.95 bits per heavy atom. The van der Waals surface area contributed by atoms with Gasteiger partial charge in [0.1, 0.15) is 5.65 Å². The van der Waals surface area contributed by atoms with Crippen LogP contribution in [0, 0.1) is 5.95 Å². The number of rotatable bonds is 7. The summed E-state index contributed by atoms with van der Waals surface area (Å²) in [6.45, 7) is 2.11. The zero-order valence-corrected chi connectivity index (χ0v) is 24.8. The molecule has 4 heterocycles. The summed E-state index contributed by atoms with van der Waals surface area (Å²) < 4.78 is 24.9. The lowest BCUT2D eigenvalue weighted by Gasteiger charge is -2.37. The molecule has 0 aliphatic heterocycles. The molecule has 0 saturated heterocycles. The van der Waals surface area contributed by atoms with Gasteiger partial charge in [-0.05, 0) is 56.6 Å². The molecule has 0 bridgehead atoms. The van der Waals surface area contributed by atoms with Crippen molar-refractivity contribution < 1.29 is 19.0 Å². The number of alkyl carbamates (subject to hydrolysis) is 1. The van der Waals surface area contributed by atoms with Crippen LogP contribution in [0.15, 0.2) is 41.5 Å². The van der Waals surface area contributed by atoms with E-state index in [1.165, 1.54) is 11.8 Å². The van der Waals surface area contributed by atoms with Gasteiger partial charge < -0.3 is 20.1 Å². The number of aryl methyl sites for hydroxylation is 3. The minimum atomic E-state index is -0.610. The highest BCUT2D eigenvalue weighted by atomic mass is 19.1. The molecule has 1 aromatic carbocycles. The van der Waals surface area contributed by atoms with E-state index in [1.54, 1.807) is 31.1 Å². The van der Waals surface area contributed by atoms with E-state index in [2.05, 4.69) is 15.4 Å². The maximum Gasteiger partial charge on any atom is 0.407 e. The number of carbonyl (C=O) groups excluding carboxylic acids is 1. The molecule has 1 saturated carbocycles. The Morgan fingerprint density at radius 1 is 1.23 bits per heavy atom. The quantitative estimate of drug-likeness (QED) is 0.255. The number of benzene rings is 1. The van der Waals surface area contributed by atoms with E-state index in [-0.39, 0.29) is 18.3 Å². The lowest BCUT2D eigenvalue weighted by Crippen LogP contribution is -2.48. The number of hydrogen-bond acceptors (Lipinski definition) is 6. The number of imidazole rings is 1. The zero-order chi connectivity index (χ0) is 30.5. The number of ether oxygens (including phenoxy) is 1. The maximum absolute atomic E-state index is 15.2. The van der Waals surface area contributed by atoms with Crippen LogP contribution in [-0.4, -0.2) is 59.3 Å². The number of H-pyrrole nitrogens is 1. The number of fused-ring (bicyclic) bond motifs is 3. The van der Waals surface area contributed by atoms with Gasteiger partial charge in [0.05, 0.1) is 41.0 Å². The van der Waals surface area contributed by atoms with E-state index in [0.29, 0.717) is 54.5 Å². The van der Waals surface area contributed by atoms with Gasteiger partial charge in [0.2, 0.25) is 5.95 Å². The minimum Gasteiger partial charge on any atom is -0.453 e. The first-order valence-corrected chi connectivity index (χ1v) is 14.5. The van der Waals surface area contributed by atoms with Gasteiger partial charge in [-0.2, -0.15) is 4.39 Å². The summed E-state index contributed by atoms with van der Waals surface area (Å²) in [4.78, 5) is 33.9. The summed E-state index contributed by atoms with van der Waals surface area (Å²) >= 11 is 0. The Kier molecular flexibility index (Phi) is 7.33. The fraction of sp³-hybridized carbons (Fsp3) is 0.419. The number of pyridine rings is 1. The second-order valence-corrected chi connectivity index (χ2v) is 11.7. The van der Waals surface area contributed by atoms with Crippen molar-refractivity contribution in [2.24, 2.45) is 14.1 Å². The number of nitrogens with one attached hydrogen (secondary N) is 2. The smallest absolute Gasteiger partial charge is 0.407 e. The second kappa shape index (κ2) is 11.0. The molecule has 5 aromatic rings. The van der Waals surface area contributed by atoms with E-state index in [4.69, 9.17) is 9.72 Å². The molecule has 3 N–H and O–H groups in total. The number of methoxy groups -OCH3 is 1. The van der Waals surface area contributed by atoms with Crippen LogP contribution < -0.4 is 11.0 Å².